The summed E-state index contributed by atoms with van der Waals surface area (Å²) in [5.74, 6) is 0.810. The summed E-state index contributed by atoms with van der Waals surface area (Å²) >= 11 is 0. The summed E-state index contributed by atoms with van der Waals surface area (Å²) in [5, 5.41) is 7.81. The van der Waals surface area contributed by atoms with Crippen molar-refractivity contribution in [2.24, 2.45) is 5.92 Å². The Balaban J connectivity index is 1.48. The van der Waals surface area contributed by atoms with Crippen LogP contribution in [0.2, 0.25) is 0 Å². The first-order valence-corrected chi connectivity index (χ1v) is 7.78. The highest BCUT2D eigenvalue weighted by Crippen LogP contribution is 2.17. The van der Waals surface area contributed by atoms with Gasteiger partial charge in [0.05, 0.1) is 6.54 Å². The summed E-state index contributed by atoms with van der Waals surface area (Å²) in [6.45, 7) is 4.39. The zero-order valence-electron chi connectivity index (χ0n) is 12.7. The molecule has 1 aliphatic rings. The molecule has 2 aromatic rings. The molecule has 112 valence electrons. The Labute approximate surface area is 126 Å². The Morgan fingerprint density at radius 2 is 1.95 bits per heavy atom. The fourth-order valence-corrected chi connectivity index (χ4v) is 2.84. The Morgan fingerprint density at radius 1 is 1.19 bits per heavy atom. The molecule has 0 amide bonds. The summed E-state index contributed by atoms with van der Waals surface area (Å²) in [4.78, 5) is 2.42. The number of anilines is 1. The van der Waals surface area contributed by atoms with Crippen LogP contribution in [0.25, 0.3) is 0 Å². The highest BCUT2D eigenvalue weighted by molar-refractivity contribution is 5.44. The van der Waals surface area contributed by atoms with Gasteiger partial charge >= 0.3 is 0 Å². The third kappa shape index (κ3) is 4.08. The second-order valence-corrected chi connectivity index (χ2v) is 6.03. The highest BCUT2D eigenvalue weighted by atomic mass is 15.3. The van der Waals surface area contributed by atoms with E-state index >= 15 is 0 Å². The van der Waals surface area contributed by atoms with Gasteiger partial charge in [-0.15, -0.1) is 0 Å². The number of nitrogens with one attached hydrogen (secondary N) is 1. The van der Waals surface area contributed by atoms with E-state index in [4.69, 9.17) is 0 Å². The zero-order valence-corrected chi connectivity index (χ0v) is 12.7. The first-order chi connectivity index (χ1) is 10.3. The van der Waals surface area contributed by atoms with Gasteiger partial charge in [-0.2, -0.15) is 5.10 Å². The SMILES string of the molecule is CN1CCC(CNc2ccc(Cn3cccn3)cc2)CC1. The third-order valence-electron chi connectivity index (χ3n) is 4.29. The van der Waals surface area contributed by atoms with Gasteiger partial charge in [-0.05, 0) is 62.7 Å². The smallest absolute Gasteiger partial charge is 0.0659 e. The maximum Gasteiger partial charge on any atom is 0.0659 e. The van der Waals surface area contributed by atoms with E-state index in [0.717, 1.165) is 19.0 Å². The van der Waals surface area contributed by atoms with E-state index in [1.165, 1.54) is 37.2 Å². The Bertz CT molecular complexity index is 524. The number of rotatable bonds is 5. The number of hydrogen-bond acceptors (Lipinski definition) is 3. The van der Waals surface area contributed by atoms with Gasteiger partial charge in [0.15, 0.2) is 0 Å². The van der Waals surface area contributed by atoms with Crippen molar-refractivity contribution in [2.75, 3.05) is 32.0 Å². The molecule has 21 heavy (non-hydrogen) atoms. The molecule has 1 aromatic carbocycles. The topological polar surface area (TPSA) is 33.1 Å². The quantitative estimate of drug-likeness (QED) is 0.916. The first kappa shape index (κ1) is 14.1. The molecule has 1 saturated heterocycles. The predicted molar refractivity (Wildman–Crippen MR) is 86.5 cm³/mol. The highest BCUT2D eigenvalue weighted by Gasteiger charge is 2.15. The van der Waals surface area contributed by atoms with Crippen LogP contribution >= 0.6 is 0 Å². The van der Waals surface area contributed by atoms with E-state index in [0.29, 0.717) is 0 Å². The maximum atomic E-state index is 4.23. The lowest BCUT2D eigenvalue weighted by Crippen LogP contribution is -2.32. The minimum atomic E-state index is 0.810. The number of piperidine rings is 1. The molecule has 2 heterocycles. The molecule has 1 N–H and O–H groups in total. The fraction of sp³-hybridized carbons (Fsp3) is 0.471. The lowest BCUT2D eigenvalue weighted by molar-refractivity contribution is 0.226. The van der Waals surface area contributed by atoms with Gasteiger partial charge in [0.1, 0.15) is 0 Å². The Morgan fingerprint density at radius 3 is 2.62 bits per heavy atom. The van der Waals surface area contributed by atoms with Crippen molar-refractivity contribution in [3.8, 4) is 0 Å². The number of aromatic nitrogens is 2. The van der Waals surface area contributed by atoms with E-state index in [1.54, 1.807) is 0 Å². The third-order valence-corrected chi connectivity index (χ3v) is 4.29. The average molecular weight is 284 g/mol. The van der Waals surface area contributed by atoms with Crippen LogP contribution in [0, 0.1) is 5.92 Å². The largest absolute Gasteiger partial charge is 0.385 e. The van der Waals surface area contributed by atoms with Gasteiger partial charge in [-0.1, -0.05) is 12.1 Å². The van der Waals surface area contributed by atoms with Crippen LogP contribution < -0.4 is 5.32 Å². The lowest BCUT2D eigenvalue weighted by Gasteiger charge is -2.29. The predicted octanol–water partition coefficient (Wildman–Crippen LogP) is 2.69. The van der Waals surface area contributed by atoms with Crippen LogP contribution in [0.1, 0.15) is 18.4 Å². The van der Waals surface area contributed by atoms with Crippen molar-refractivity contribution >= 4 is 5.69 Å². The molecule has 4 heteroatoms. The zero-order chi connectivity index (χ0) is 14.5. The molecule has 3 rings (SSSR count). The minimum Gasteiger partial charge on any atom is -0.385 e. The normalized spacial score (nSPS) is 17.0. The van der Waals surface area contributed by atoms with Crippen molar-refractivity contribution in [1.29, 1.82) is 0 Å². The molecule has 0 atom stereocenters. The molecule has 0 saturated carbocycles. The van der Waals surface area contributed by atoms with Gasteiger partial charge in [0.25, 0.3) is 0 Å². The molecule has 0 bridgehead atoms. The van der Waals surface area contributed by atoms with Gasteiger partial charge in [0, 0.05) is 24.6 Å². The van der Waals surface area contributed by atoms with E-state index in [9.17, 15) is 0 Å². The van der Waals surface area contributed by atoms with Crippen LogP contribution in [0.4, 0.5) is 5.69 Å². The summed E-state index contributed by atoms with van der Waals surface area (Å²) in [7, 11) is 2.21. The van der Waals surface area contributed by atoms with Crippen molar-refractivity contribution in [2.45, 2.75) is 19.4 Å². The first-order valence-electron chi connectivity index (χ1n) is 7.78. The van der Waals surface area contributed by atoms with Gasteiger partial charge in [0.2, 0.25) is 0 Å². The van der Waals surface area contributed by atoms with Gasteiger partial charge in [-0.25, -0.2) is 0 Å². The molecule has 1 aliphatic heterocycles. The summed E-state index contributed by atoms with van der Waals surface area (Å²) in [6, 6.07) is 10.7. The monoisotopic (exact) mass is 284 g/mol. The number of benzene rings is 1. The second kappa shape index (κ2) is 6.76. The van der Waals surface area contributed by atoms with Crippen LogP contribution in [-0.4, -0.2) is 41.4 Å². The molecule has 0 spiro atoms. The van der Waals surface area contributed by atoms with Crippen molar-refractivity contribution in [3.05, 3.63) is 48.3 Å². The number of likely N-dealkylation sites (tertiary alicyclic amines) is 1. The van der Waals surface area contributed by atoms with Crippen LogP contribution in [0.5, 0.6) is 0 Å². The van der Waals surface area contributed by atoms with E-state index in [-0.39, 0.29) is 0 Å². The molecule has 0 unspecified atom stereocenters. The molecule has 4 nitrogen and oxygen atoms in total. The van der Waals surface area contributed by atoms with Crippen molar-refractivity contribution < 1.29 is 0 Å². The van der Waals surface area contributed by atoms with E-state index < -0.39 is 0 Å². The lowest BCUT2D eigenvalue weighted by atomic mass is 9.97. The van der Waals surface area contributed by atoms with Crippen LogP contribution in [0.15, 0.2) is 42.7 Å². The van der Waals surface area contributed by atoms with E-state index in [2.05, 4.69) is 46.6 Å². The van der Waals surface area contributed by atoms with Crippen molar-refractivity contribution in [1.82, 2.24) is 14.7 Å². The van der Waals surface area contributed by atoms with Crippen LogP contribution in [-0.2, 0) is 6.54 Å². The molecule has 1 aromatic heterocycles. The Hall–Kier alpha value is -1.81. The molecular formula is C17H24N4. The summed E-state index contributed by atoms with van der Waals surface area (Å²) < 4.78 is 1.95. The minimum absolute atomic E-state index is 0.810. The van der Waals surface area contributed by atoms with Crippen molar-refractivity contribution in [3.63, 3.8) is 0 Å². The van der Waals surface area contributed by atoms with E-state index in [1.807, 2.05) is 23.1 Å². The standard InChI is InChI=1S/C17H24N4/c1-20-11-7-15(8-12-20)13-18-17-5-3-16(4-6-17)14-21-10-2-9-19-21/h2-6,9-10,15,18H,7-8,11-14H2,1H3. The molecule has 0 radical (unpaired) electrons. The molecule has 0 aliphatic carbocycles. The Kier molecular flexibility index (Phi) is 4.55. The van der Waals surface area contributed by atoms with Gasteiger partial charge < -0.3 is 10.2 Å². The number of hydrogen-bond donors (Lipinski definition) is 1. The second-order valence-electron chi connectivity index (χ2n) is 6.03. The maximum absolute atomic E-state index is 4.23. The molecular weight excluding hydrogens is 260 g/mol. The summed E-state index contributed by atoms with van der Waals surface area (Å²) in [5.41, 5.74) is 2.50. The number of nitrogens with zero attached hydrogens (tertiary/aromatic N) is 3. The van der Waals surface area contributed by atoms with Crippen LogP contribution in [0.3, 0.4) is 0 Å². The fourth-order valence-electron chi connectivity index (χ4n) is 2.84. The molecule has 1 fully saturated rings. The average Bonchev–Trinajstić information content (AvgIpc) is 3.01. The summed E-state index contributed by atoms with van der Waals surface area (Å²) in [6.07, 6.45) is 6.42. The van der Waals surface area contributed by atoms with Gasteiger partial charge in [-0.3, -0.25) is 4.68 Å².